The van der Waals surface area contributed by atoms with Crippen LogP contribution in [-0.2, 0) is 16.0 Å². The van der Waals surface area contributed by atoms with Crippen LogP contribution in [0.2, 0.25) is 0 Å². The second-order valence-electron chi connectivity index (χ2n) is 4.65. The van der Waals surface area contributed by atoms with E-state index in [1.807, 2.05) is 24.3 Å². The third kappa shape index (κ3) is 4.70. The lowest BCUT2D eigenvalue weighted by Gasteiger charge is -2.07. The lowest BCUT2D eigenvalue weighted by Crippen LogP contribution is -2.14. The summed E-state index contributed by atoms with van der Waals surface area (Å²) >= 11 is 3.38. The Labute approximate surface area is 137 Å². The average Bonchev–Trinajstić information content (AvgIpc) is 2.48. The third-order valence-electron chi connectivity index (χ3n) is 2.93. The molecule has 22 heavy (non-hydrogen) atoms. The highest BCUT2D eigenvalue weighted by atomic mass is 79.9. The molecule has 2 rings (SSSR count). The van der Waals surface area contributed by atoms with Gasteiger partial charge >= 0.3 is 5.97 Å². The lowest BCUT2D eigenvalue weighted by atomic mass is 10.1. The summed E-state index contributed by atoms with van der Waals surface area (Å²) in [6, 6.07) is 14.2. The van der Waals surface area contributed by atoms with Crippen molar-refractivity contribution < 1.29 is 14.3 Å². The summed E-state index contributed by atoms with van der Waals surface area (Å²) in [7, 11) is 0. The highest BCUT2D eigenvalue weighted by Crippen LogP contribution is 2.14. The Kier molecular flexibility index (Phi) is 5.72. The Morgan fingerprint density at radius 3 is 2.50 bits per heavy atom. The fourth-order valence-corrected chi connectivity index (χ4v) is 2.39. The van der Waals surface area contributed by atoms with E-state index >= 15 is 0 Å². The third-order valence-corrected chi connectivity index (χ3v) is 3.43. The zero-order valence-electron chi connectivity index (χ0n) is 12.1. The lowest BCUT2D eigenvalue weighted by molar-refractivity contribution is -0.115. The molecule has 114 valence electrons. The first kappa shape index (κ1) is 16.2. The van der Waals surface area contributed by atoms with Crippen LogP contribution in [0.4, 0.5) is 5.69 Å². The van der Waals surface area contributed by atoms with Gasteiger partial charge in [0.15, 0.2) is 0 Å². The molecule has 0 radical (unpaired) electrons. The van der Waals surface area contributed by atoms with Crippen molar-refractivity contribution in [2.75, 3.05) is 11.9 Å². The minimum atomic E-state index is -0.366. The monoisotopic (exact) mass is 361 g/mol. The minimum Gasteiger partial charge on any atom is -0.462 e. The molecular formula is C17H16BrNO3. The maximum Gasteiger partial charge on any atom is 0.338 e. The van der Waals surface area contributed by atoms with Gasteiger partial charge in [-0.15, -0.1) is 0 Å². The maximum atomic E-state index is 12.0. The van der Waals surface area contributed by atoms with Crippen LogP contribution in [0.5, 0.6) is 0 Å². The van der Waals surface area contributed by atoms with Gasteiger partial charge in [0.2, 0.25) is 5.91 Å². The van der Waals surface area contributed by atoms with Crippen LogP contribution in [0.25, 0.3) is 0 Å². The standard InChI is InChI=1S/C17H16BrNO3/c1-2-22-17(21)13-6-8-15(9-7-13)19-16(20)11-12-4-3-5-14(18)10-12/h3-10H,2,11H2,1H3,(H,19,20). The fraction of sp³-hybridized carbons (Fsp3) is 0.176. The molecule has 0 aliphatic carbocycles. The van der Waals surface area contributed by atoms with E-state index in [4.69, 9.17) is 4.74 Å². The van der Waals surface area contributed by atoms with E-state index in [1.54, 1.807) is 31.2 Å². The van der Waals surface area contributed by atoms with Gasteiger partial charge in [0.05, 0.1) is 18.6 Å². The molecule has 2 aromatic rings. The van der Waals surface area contributed by atoms with Gasteiger partial charge in [-0.2, -0.15) is 0 Å². The molecule has 0 aromatic heterocycles. The average molecular weight is 362 g/mol. The van der Waals surface area contributed by atoms with Crippen molar-refractivity contribution >= 4 is 33.5 Å². The van der Waals surface area contributed by atoms with E-state index in [-0.39, 0.29) is 11.9 Å². The Morgan fingerprint density at radius 2 is 1.86 bits per heavy atom. The first-order valence-corrected chi connectivity index (χ1v) is 7.69. The maximum absolute atomic E-state index is 12.0. The predicted octanol–water partition coefficient (Wildman–Crippen LogP) is 3.81. The van der Waals surface area contributed by atoms with Crippen LogP contribution in [0.1, 0.15) is 22.8 Å². The Balaban J connectivity index is 1.95. The van der Waals surface area contributed by atoms with Gasteiger partial charge in [0.1, 0.15) is 0 Å². The first-order valence-electron chi connectivity index (χ1n) is 6.90. The van der Waals surface area contributed by atoms with Gasteiger partial charge in [-0.3, -0.25) is 4.79 Å². The summed E-state index contributed by atoms with van der Waals surface area (Å²) in [4.78, 5) is 23.5. The minimum absolute atomic E-state index is 0.109. The number of halogens is 1. The molecule has 0 atom stereocenters. The van der Waals surface area contributed by atoms with Gasteiger partial charge in [0.25, 0.3) is 0 Å². The van der Waals surface area contributed by atoms with Crippen LogP contribution >= 0.6 is 15.9 Å². The van der Waals surface area contributed by atoms with E-state index in [0.29, 0.717) is 24.3 Å². The van der Waals surface area contributed by atoms with Crippen LogP contribution in [0.3, 0.4) is 0 Å². The number of esters is 1. The first-order chi connectivity index (χ1) is 10.6. The molecule has 0 saturated heterocycles. The molecule has 0 saturated carbocycles. The number of hydrogen-bond donors (Lipinski definition) is 1. The van der Waals surface area contributed by atoms with Crippen LogP contribution in [-0.4, -0.2) is 18.5 Å². The summed E-state index contributed by atoms with van der Waals surface area (Å²) < 4.78 is 5.85. The van der Waals surface area contributed by atoms with Gasteiger partial charge in [-0.05, 0) is 48.9 Å². The molecular weight excluding hydrogens is 346 g/mol. The number of benzene rings is 2. The predicted molar refractivity (Wildman–Crippen MR) is 88.9 cm³/mol. The molecule has 0 unspecified atom stereocenters. The molecule has 0 heterocycles. The van der Waals surface area contributed by atoms with Crippen LogP contribution < -0.4 is 5.32 Å². The van der Waals surface area contributed by atoms with Crippen molar-refractivity contribution in [3.05, 3.63) is 64.1 Å². The number of carbonyl (C=O) groups excluding carboxylic acids is 2. The van der Waals surface area contributed by atoms with Crippen molar-refractivity contribution in [2.45, 2.75) is 13.3 Å². The highest BCUT2D eigenvalue weighted by molar-refractivity contribution is 9.10. The number of hydrogen-bond acceptors (Lipinski definition) is 3. The number of anilines is 1. The number of ether oxygens (including phenoxy) is 1. The summed E-state index contributed by atoms with van der Waals surface area (Å²) in [5.74, 6) is -0.475. The second kappa shape index (κ2) is 7.75. The van der Waals surface area contributed by atoms with Crippen LogP contribution in [0.15, 0.2) is 53.0 Å². The molecule has 4 nitrogen and oxygen atoms in total. The molecule has 0 spiro atoms. The van der Waals surface area contributed by atoms with Gasteiger partial charge in [0, 0.05) is 10.2 Å². The van der Waals surface area contributed by atoms with Gasteiger partial charge < -0.3 is 10.1 Å². The topological polar surface area (TPSA) is 55.4 Å². The van der Waals surface area contributed by atoms with E-state index in [9.17, 15) is 9.59 Å². The van der Waals surface area contributed by atoms with Crippen molar-refractivity contribution in [2.24, 2.45) is 0 Å². The van der Waals surface area contributed by atoms with E-state index < -0.39 is 0 Å². The fourth-order valence-electron chi connectivity index (χ4n) is 1.94. The largest absolute Gasteiger partial charge is 0.462 e. The smallest absolute Gasteiger partial charge is 0.338 e. The van der Waals surface area contributed by atoms with Gasteiger partial charge in [-0.25, -0.2) is 4.79 Å². The second-order valence-corrected chi connectivity index (χ2v) is 5.57. The van der Waals surface area contributed by atoms with E-state index in [2.05, 4.69) is 21.2 Å². The number of rotatable bonds is 5. The van der Waals surface area contributed by atoms with Crippen molar-refractivity contribution in [1.82, 2.24) is 0 Å². The van der Waals surface area contributed by atoms with E-state index in [0.717, 1.165) is 10.0 Å². The quantitative estimate of drug-likeness (QED) is 0.823. The highest BCUT2D eigenvalue weighted by Gasteiger charge is 2.08. The SMILES string of the molecule is CCOC(=O)c1ccc(NC(=O)Cc2cccc(Br)c2)cc1. The van der Waals surface area contributed by atoms with Crippen molar-refractivity contribution in [3.8, 4) is 0 Å². The molecule has 0 bridgehead atoms. The molecule has 1 amide bonds. The number of amides is 1. The zero-order valence-corrected chi connectivity index (χ0v) is 13.7. The Morgan fingerprint density at radius 1 is 1.14 bits per heavy atom. The molecule has 0 aliphatic heterocycles. The molecule has 0 fully saturated rings. The number of carbonyl (C=O) groups is 2. The zero-order chi connectivity index (χ0) is 15.9. The molecule has 5 heteroatoms. The Bertz CT molecular complexity index is 668. The van der Waals surface area contributed by atoms with Crippen LogP contribution in [0, 0.1) is 0 Å². The summed E-state index contributed by atoms with van der Waals surface area (Å²) in [5, 5.41) is 2.80. The summed E-state index contributed by atoms with van der Waals surface area (Å²) in [5.41, 5.74) is 2.04. The molecule has 2 aromatic carbocycles. The normalized spacial score (nSPS) is 10.1. The van der Waals surface area contributed by atoms with E-state index in [1.165, 1.54) is 0 Å². The summed E-state index contributed by atoms with van der Waals surface area (Å²) in [6.45, 7) is 2.10. The van der Waals surface area contributed by atoms with Crippen molar-refractivity contribution in [1.29, 1.82) is 0 Å². The van der Waals surface area contributed by atoms with Crippen molar-refractivity contribution in [3.63, 3.8) is 0 Å². The molecule has 0 aliphatic rings. The number of nitrogens with one attached hydrogen (secondary N) is 1. The summed E-state index contributed by atoms with van der Waals surface area (Å²) in [6.07, 6.45) is 0.291. The molecule has 1 N–H and O–H groups in total. The van der Waals surface area contributed by atoms with Gasteiger partial charge in [-0.1, -0.05) is 28.1 Å². The Hall–Kier alpha value is -2.14.